The van der Waals surface area contributed by atoms with E-state index in [1.807, 2.05) is 0 Å². The summed E-state index contributed by atoms with van der Waals surface area (Å²) in [5.41, 5.74) is 8.22. The molecule has 7 heteroatoms. The van der Waals surface area contributed by atoms with Crippen molar-refractivity contribution in [3.8, 4) is 17.2 Å². The Balaban J connectivity index is 2.62. The third-order valence-corrected chi connectivity index (χ3v) is 3.50. The highest BCUT2D eigenvalue weighted by Gasteiger charge is 2.18. The Hall–Kier alpha value is -1.79. The molecule has 0 atom stereocenters. The van der Waals surface area contributed by atoms with E-state index in [9.17, 15) is 0 Å². The summed E-state index contributed by atoms with van der Waals surface area (Å²) < 4.78 is 12.4. The largest absolute Gasteiger partial charge is 0.495 e. The lowest BCUT2D eigenvalue weighted by atomic mass is 10.2. The van der Waals surface area contributed by atoms with Crippen LogP contribution in [0.4, 0.5) is 0 Å². The Morgan fingerprint density at radius 3 is 2.52 bits per heavy atom. The van der Waals surface area contributed by atoms with Crippen molar-refractivity contribution in [1.82, 2.24) is 15.0 Å². The first kappa shape index (κ1) is 15.6. The van der Waals surface area contributed by atoms with Crippen molar-refractivity contribution in [2.45, 2.75) is 26.3 Å². The van der Waals surface area contributed by atoms with Gasteiger partial charge in [-0.25, -0.2) is 4.68 Å². The Labute approximate surface area is 128 Å². The highest BCUT2D eigenvalue weighted by Crippen LogP contribution is 2.35. The molecule has 0 radical (unpaired) electrons. The molecule has 0 saturated heterocycles. The maximum absolute atomic E-state index is 6.13. The topological polar surface area (TPSA) is 75.2 Å². The number of nitrogens with two attached hydrogens (primary N) is 1. The van der Waals surface area contributed by atoms with Gasteiger partial charge in [-0.05, 0) is 6.42 Å². The Morgan fingerprint density at radius 1 is 1.24 bits per heavy atom. The summed E-state index contributed by atoms with van der Waals surface area (Å²) in [7, 11) is 3.15. The third-order valence-electron chi connectivity index (χ3n) is 3.21. The maximum atomic E-state index is 6.13. The van der Waals surface area contributed by atoms with Crippen LogP contribution < -0.4 is 15.2 Å². The first-order valence-electron chi connectivity index (χ1n) is 6.71. The van der Waals surface area contributed by atoms with E-state index in [0.717, 1.165) is 29.9 Å². The number of ether oxygens (including phenoxy) is 2. The Bertz CT molecular complexity index is 628. The molecular weight excluding hydrogens is 292 g/mol. The van der Waals surface area contributed by atoms with E-state index in [-0.39, 0.29) is 0 Å². The summed E-state index contributed by atoms with van der Waals surface area (Å²) in [6.07, 6.45) is 1.79. The average Bonchev–Trinajstić information content (AvgIpc) is 2.90. The minimum atomic E-state index is 0.350. The van der Waals surface area contributed by atoms with Gasteiger partial charge in [-0.15, -0.1) is 5.10 Å². The van der Waals surface area contributed by atoms with Crippen molar-refractivity contribution in [3.63, 3.8) is 0 Å². The van der Waals surface area contributed by atoms with Crippen LogP contribution in [0, 0.1) is 0 Å². The molecule has 0 aliphatic heterocycles. The number of aromatic nitrogens is 3. The number of hydrogen-bond donors (Lipinski definition) is 1. The van der Waals surface area contributed by atoms with E-state index in [0.29, 0.717) is 23.1 Å². The predicted octanol–water partition coefficient (Wildman–Crippen LogP) is 2.35. The Morgan fingerprint density at radius 2 is 1.95 bits per heavy atom. The molecule has 6 nitrogen and oxygen atoms in total. The SMILES string of the molecule is CCCc1c(CN)nnn1-c1cc(OC)c(Cl)cc1OC. The molecule has 0 unspecified atom stereocenters. The van der Waals surface area contributed by atoms with Gasteiger partial charge in [0.1, 0.15) is 17.2 Å². The van der Waals surface area contributed by atoms with Crippen LogP contribution in [0.5, 0.6) is 11.5 Å². The van der Waals surface area contributed by atoms with Crippen molar-refractivity contribution >= 4 is 11.6 Å². The number of halogens is 1. The molecule has 1 aromatic carbocycles. The average molecular weight is 311 g/mol. The summed E-state index contributed by atoms with van der Waals surface area (Å²) in [5.74, 6) is 1.16. The van der Waals surface area contributed by atoms with Gasteiger partial charge in [0.2, 0.25) is 0 Å². The maximum Gasteiger partial charge on any atom is 0.146 e. The van der Waals surface area contributed by atoms with E-state index in [1.165, 1.54) is 0 Å². The highest BCUT2D eigenvalue weighted by atomic mass is 35.5. The molecule has 114 valence electrons. The fraction of sp³-hybridized carbons (Fsp3) is 0.429. The smallest absolute Gasteiger partial charge is 0.146 e. The van der Waals surface area contributed by atoms with E-state index >= 15 is 0 Å². The molecule has 0 aliphatic rings. The number of hydrogen-bond acceptors (Lipinski definition) is 5. The lowest BCUT2D eigenvalue weighted by molar-refractivity contribution is 0.400. The second kappa shape index (κ2) is 6.78. The van der Waals surface area contributed by atoms with E-state index in [2.05, 4.69) is 17.2 Å². The molecule has 0 amide bonds. The Kier molecular flexibility index (Phi) is 5.03. The normalized spacial score (nSPS) is 10.7. The number of rotatable bonds is 6. The van der Waals surface area contributed by atoms with Crippen LogP contribution in [-0.2, 0) is 13.0 Å². The summed E-state index contributed by atoms with van der Waals surface area (Å²) in [4.78, 5) is 0. The van der Waals surface area contributed by atoms with Crippen molar-refractivity contribution in [2.75, 3.05) is 14.2 Å². The van der Waals surface area contributed by atoms with Gasteiger partial charge in [0.15, 0.2) is 0 Å². The summed E-state index contributed by atoms with van der Waals surface area (Å²) in [6.45, 7) is 2.44. The van der Waals surface area contributed by atoms with E-state index < -0.39 is 0 Å². The molecule has 0 saturated carbocycles. The molecule has 1 heterocycles. The standard InChI is InChI=1S/C14H19ClN4O2/c1-4-5-11-10(8-16)17-18-19(11)12-7-13(20-2)9(15)6-14(12)21-3/h6-7H,4-5,8,16H2,1-3H3. The van der Waals surface area contributed by atoms with Crippen molar-refractivity contribution in [3.05, 3.63) is 28.5 Å². The summed E-state index contributed by atoms with van der Waals surface area (Å²) in [5, 5.41) is 8.82. The van der Waals surface area contributed by atoms with E-state index in [4.69, 9.17) is 26.8 Å². The van der Waals surface area contributed by atoms with Crippen LogP contribution >= 0.6 is 11.6 Å². The summed E-state index contributed by atoms with van der Waals surface area (Å²) in [6, 6.07) is 3.49. The molecular formula is C14H19ClN4O2. The summed E-state index contributed by atoms with van der Waals surface area (Å²) >= 11 is 6.13. The van der Waals surface area contributed by atoms with Crippen LogP contribution in [0.1, 0.15) is 24.7 Å². The van der Waals surface area contributed by atoms with Crippen LogP contribution in [0.3, 0.4) is 0 Å². The molecule has 2 rings (SSSR count). The first-order chi connectivity index (χ1) is 10.2. The number of benzene rings is 1. The minimum absolute atomic E-state index is 0.350. The van der Waals surface area contributed by atoms with Gasteiger partial charge < -0.3 is 15.2 Å². The minimum Gasteiger partial charge on any atom is -0.495 e. The molecule has 0 bridgehead atoms. The van der Waals surface area contributed by atoms with Gasteiger partial charge in [0, 0.05) is 18.7 Å². The van der Waals surface area contributed by atoms with E-state index in [1.54, 1.807) is 31.0 Å². The molecule has 2 N–H and O–H groups in total. The fourth-order valence-electron chi connectivity index (χ4n) is 2.18. The molecule has 0 fully saturated rings. The van der Waals surface area contributed by atoms with Crippen LogP contribution in [0.2, 0.25) is 5.02 Å². The highest BCUT2D eigenvalue weighted by molar-refractivity contribution is 6.32. The second-order valence-corrected chi connectivity index (χ2v) is 4.91. The van der Waals surface area contributed by atoms with Gasteiger partial charge in [-0.2, -0.15) is 0 Å². The number of methoxy groups -OCH3 is 2. The second-order valence-electron chi connectivity index (χ2n) is 4.51. The van der Waals surface area contributed by atoms with Crippen molar-refractivity contribution < 1.29 is 9.47 Å². The molecule has 2 aromatic rings. The van der Waals surface area contributed by atoms with Gasteiger partial charge in [-0.1, -0.05) is 30.2 Å². The van der Waals surface area contributed by atoms with Crippen molar-refractivity contribution in [2.24, 2.45) is 5.73 Å². The third kappa shape index (κ3) is 2.96. The van der Waals surface area contributed by atoms with Gasteiger partial charge >= 0.3 is 0 Å². The van der Waals surface area contributed by atoms with Crippen molar-refractivity contribution in [1.29, 1.82) is 0 Å². The van der Waals surface area contributed by atoms with Gasteiger partial charge in [0.05, 0.1) is 30.6 Å². The lowest BCUT2D eigenvalue weighted by Gasteiger charge is -2.13. The monoisotopic (exact) mass is 310 g/mol. The molecule has 21 heavy (non-hydrogen) atoms. The molecule has 0 spiro atoms. The molecule has 0 aliphatic carbocycles. The zero-order valence-corrected chi connectivity index (χ0v) is 13.1. The van der Waals surface area contributed by atoms with Gasteiger partial charge in [0.25, 0.3) is 0 Å². The van der Waals surface area contributed by atoms with Gasteiger partial charge in [-0.3, -0.25) is 0 Å². The zero-order chi connectivity index (χ0) is 15.4. The lowest BCUT2D eigenvalue weighted by Crippen LogP contribution is -2.07. The predicted molar refractivity (Wildman–Crippen MR) is 81.4 cm³/mol. The van der Waals surface area contributed by atoms with Crippen LogP contribution in [0.25, 0.3) is 5.69 Å². The molecule has 1 aromatic heterocycles. The first-order valence-corrected chi connectivity index (χ1v) is 7.09. The quantitative estimate of drug-likeness (QED) is 0.886. The van der Waals surface area contributed by atoms with Crippen LogP contribution in [0.15, 0.2) is 12.1 Å². The van der Waals surface area contributed by atoms with Crippen LogP contribution in [-0.4, -0.2) is 29.2 Å². The zero-order valence-electron chi connectivity index (χ0n) is 12.4. The number of nitrogens with zero attached hydrogens (tertiary/aromatic N) is 3. The fourth-order valence-corrected chi connectivity index (χ4v) is 2.41.